The molecule has 0 saturated carbocycles. The number of benzene rings is 1. The molecule has 0 atom stereocenters. The van der Waals surface area contributed by atoms with Gasteiger partial charge in [0.05, 0.1) is 0 Å². The van der Waals surface area contributed by atoms with Crippen LogP contribution in [0.15, 0.2) is 18.2 Å². The molecule has 0 aliphatic heterocycles. The van der Waals surface area contributed by atoms with Gasteiger partial charge in [0, 0.05) is 22.1 Å². The van der Waals surface area contributed by atoms with E-state index < -0.39 is 5.97 Å². The predicted molar refractivity (Wildman–Crippen MR) is 40.1 cm³/mol. The Labute approximate surface area is 84.4 Å². The largest absolute Gasteiger partial charge is 0.507 e. The van der Waals surface area contributed by atoms with Gasteiger partial charge in [0.15, 0.2) is 0 Å². The summed E-state index contributed by atoms with van der Waals surface area (Å²) in [6.45, 7) is 0. The number of rotatable bonds is 1. The number of hydrogen-bond donors (Lipinski definition) is 2. The van der Waals surface area contributed by atoms with E-state index in [2.05, 4.69) is 0 Å². The summed E-state index contributed by atoms with van der Waals surface area (Å²) in [6.07, 6.45) is 0. The number of carboxylic acids is 1. The van der Waals surface area contributed by atoms with Crippen LogP contribution in [0.5, 0.6) is 5.75 Å². The second-order valence-corrected chi connectivity index (χ2v) is 2.40. The summed E-state index contributed by atoms with van der Waals surface area (Å²) in [5.74, 6) is -1.47. The van der Waals surface area contributed by atoms with Gasteiger partial charge in [-0.15, -0.1) is 0 Å². The number of aromatic carboxylic acids is 1. The molecule has 1 aromatic carbocycles. The molecule has 0 amide bonds. The van der Waals surface area contributed by atoms with Gasteiger partial charge in [-0.25, -0.2) is 4.79 Å². The Morgan fingerprint density at radius 1 is 1.42 bits per heavy atom. The van der Waals surface area contributed by atoms with Gasteiger partial charge in [0.2, 0.25) is 0 Å². The second-order valence-electron chi connectivity index (χ2n) is 1.97. The van der Waals surface area contributed by atoms with Crippen LogP contribution in [0, 0.1) is 0 Å². The number of carbonyl (C=O) groups is 1. The fraction of sp³-hybridized carbons (Fsp3) is 0. The molecule has 3 nitrogen and oxygen atoms in total. The quantitative estimate of drug-likeness (QED) is 0.730. The third kappa shape index (κ3) is 2.41. The fourth-order valence-corrected chi connectivity index (χ4v) is 0.852. The van der Waals surface area contributed by atoms with Crippen molar-refractivity contribution >= 4 is 17.6 Å². The topological polar surface area (TPSA) is 57.5 Å². The normalized spacial score (nSPS) is 8.75. The van der Waals surface area contributed by atoms with E-state index >= 15 is 0 Å². The molecule has 12 heavy (non-hydrogen) atoms. The average molecular weight is 236 g/mol. The summed E-state index contributed by atoms with van der Waals surface area (Å²) in [7, 11) is 0. The van der Waals surface area contributed by atoms with Gasteiger partial charge < -0.3 is 10.2 Å². The zero-order valence-corrected chi connectivity index (χ0v) is 7.41. The SMILES string of the molecule is O=C(O)c1cc(Cl)ccc1O.[Cu]. The van der Waals surface area contributed by atoms with Crippen molar-refractivity contribution in [2.24, 2.45) is 0 Å². The van der Waals surface area contributed by atoms with Crippen molar-refractivity contribution in [1.29, 1.82) is 0 Å². The maximum atomic E-state index is 10.4. The van der Waals surface area contributed by atoms with Crippen molar-refractivity contribution in [3.8, 4) is 5.75 Å². The van der Waals surface area contributed by atoms with Crippen LogP contribution in [0.25, 0.3) is 0 Å². The minimum Gasteiger partial charge on any atom is -0.507 e. The summed E-state index contributed by atoms with van der Waals surface area (Å²) in [5, 5.41) is 17.7. The Morgan fingerprint density at radius 2 is 2.00 bits per heavy atom. The van der Waals surface area contributed by atoms with Crippen molar-refractivity contribution in [3.63, 3.8) is 0 Å². The number of halogens is 1. The molecule has 2 N–H and O–H groups in total. The molecule has 1 rings (SSSR count). The van der Waals surface area contributed by atoms with Gasteiger partial charge in [-0.3, -0.25) is 0 Å². The smallest absolute Gasteiger partial charge is 0.339 e. The van der Waals surface area contributed by atoms with Gasteiger partial charge in [-0.2, -0.15) is 0 Å². The molecule has 0 unspecified atom stereocenters. The minimum absolute atomic E-state index is 0. The molecule has 0 aromatic heterocycles. The van der Waals surface area contributed by atoms with Crippen molar-refractivity contribution in [2.75, 3.05) is 0 Å². The zero-order chi connectivity index (χ0) is 8.43. The van der Waals surface area contributed by atoms with E-state index in [1.54, 1.807) is 0 Å². The molecule has 0 aliphatic rings. The van der Waals surface area contributed by atoms with Gasteiger partial charge >= 0.3 is 5.97 Å². The molecule has 0 bridgehead atoms. The van der Waals surface area contributed by atoms with Crippen molar-refractivity contribution in [1.82, 2.24) is 0 Å². The predicted octanol–water partition coefficient (Wildman–Crippen LogP) is 1.74. The van der Waals surface area contributed by atoms with Crippen molar-refractivity contribution in [3.05, 3.63) is 28.8 Å². The molecule has 0 heterocycles. The molecule has 0 spiro atoms. The van der Waals surface area contributed by atoms with Crippen LogP contribution in [-0.2, 0) is 17.1 Å². The van der Waals surface area contributed by atoms with Crippen LogP contribution in [0.1, 0.15) is 10.4 Å². The van der Waals surface area contributed by atoms with E-state index in [1.807, 2.05) is 0 Å². The third-order valence-electron chi connectivity index (χ3n) is 1.19. The summed E-state index contributed by atoms with van der Waals surface area (Å²) in [4.78, 5) is 10.4. The Bertz CT molecular complexity index is 301. The second kappa shape index (κ2) is 4.36. The number of aromatic hydroxyl groups is 1. The molecule has 1 radical (unpaired) electrons. The van der Waals surface area contributed by atoms with E-state index in [0.29, 0.717) is 5.02 Å². The number of carboxylic acid groups (broad SMARTS) is 1. The minimum atomic E-state index is -1.19. The summed E-state index contributed by atoms with van der Waals surface area (Å²) >= 11 is 5.49. The molecule has 1 aromatic rings. The van der Waals surface area contributed by atoms with E-state index in [1.165, 1.54) is 18.2 Å². The first-order chi connectivity index (χ1) is 5.11. The van der Waals surface area contributed by atoms with Crippen LogP contribution in [0.3, 0.4) is 0 Å². The summed E-state index contributed by atoms with van der Waals surface area (Å²) in [6, 6.07) is 3.86. The van der Waals surface area contributed by atoms with Crippen LogP contribution < -0.4 is 0 Å². The van der Waals surface area contributed by atoms with Gasteiger partial charge in [0.25, 0.3) is 0 Å². The average Bonchev–Trinajstić information content (AvgIpc) is 1.94. The first kappa shape index (κ1) is 11.3. The van der Waals surface area contributed by atoms with Gasteiger partial charge in [0.1, 0.15) is 11.3 Å². The first-order valence-electron chi connectivity index (χ1n) is 2.83. The molecule has 0 fully saturated rings. The van der Waals surface area contributed by atoms with Gasteiger partial charge in [-0.05, 0) is 18.2 Å². The Hall–Kier alpha value is -0.701. The van der Waals surface area contributed by atoms with Gasteiger partial charge in [-0.1, -0.05) is 11.6 Å². The number of phenols is 1. The van der Waals surface area contributed by atoms with E-state index in [0.717, 1.165) is 0 Å². The standard InChI is InChI=1S/C7H5ClO3.Cu/c8-4-1-2-6(9)5(3-4)7(10)11;/h1-3,9H,(H,10,11);. The molecule has 5 heteroatoms. The summed E-state index contributed by atoms with van der Waals surface area (Å²) in [5.41, 5.74) is -0.183. The zero-order valence-electron chi connectivity index (χ0n) is 5.71. The monoisotopic (exact) mass is 235 g/mol. The first-order valence-corrected chi connectivity index (χ1v) is 3.21. The Kier molecular flexibility index (Phi) is 4.10. The maximum Gasteiger partial charge on any atom is 0.339 e. The fourth-order valence-electron chi connectivity index (χ4n) is 0.680. The molecular weight excluding hydrogens is 231 g/mol. The molecule has 0 aliphatic carbocycles. The Morgan fingerprint density at radius 3 is 2.42 bits per heavy atom. The van der Waals surface area contributed by atoms with Crippen LogP contribution >= 0.6 is 11.6 Å². The van der Waals surface area contributed by atoms with Crippen LogP contribution in [0.4, 0.5) is 0 Å². The number of hydrogen-bond acceptors (Lipinski definition) is 2. The van der Waals surface area contributed by atoms with Crippen molar-refractivity contribution < 1.29 is 32.1 Å². The maximum absolute atomic E-state index is 10.4. The Balaban J connectivity index is 0.00000121. The van der Waals surface area contributed by atoms with E-state index in [4.69, 9.17) is 21.8 Å². The molecule has 69 valence electrons. The van der Waals surface area contributed by atoms with E-state index in [-0.39, 0.29) is 28.4 Å². The van der Waals surface area contributed by atoms with E-state index in [9.17, 15) is 4.79 Å². The molecular formula is C7H5ClCuO3. The third-order valence-corrected chi connectivity index (χ3v) is 1.42. The molecule has 0 saturated heterocycles. The van der Waals surface area contributed by atoms with Crippen LogP contribution in [-0.4, -0.2) is 16.2 Å². The van der Waals surface area contributed by atoms with Crippen molar-refractivity contribution in [2.45, 2.75) is 0 Å². The summed E-state index contributed by atoms with van der Waals surface area (Å²) < 4.78 is 0. The van der Waals surface area contributed by atoms with Crippen LogP contribution in [0.2, 0.25) is 5.02 Å².